The second-order valence-corrected chi connectivity index (χ2v) is 17.7. The quantitative estimate of drug-likeness (QED) is 0.177. The largest absolute Gasteiger partial charge is 0.456 e. The zero-order chi connectivity index (χ0) is 43.7. The first-order chi connectivity index (χ1) is 33.2. The molecule has 0 N–H and O–H groups in total. The minimum absolute atomic E-state index is 0.682. The highest BCUT2D eigenvalue weighted by atomic mass is 16.3. The predicted molar refractivity (Wildman–Crippen MR) is 279 cm³/mol. The molecule has 0 amide bonds. The second-order valence-electron chi connectivity index (χ2n) is 17.7. The van der Waals surface area contributed by atoms with Crippen molar-refractivity contribution in [2.45, 2.75) is 0 Å². The molecule has 0 spiro atoms. The van der Waals surface area contributed by atoms with Crippen LogP contribution >= 0.6 is 0 Å². The topological polar surface area (TPSA) is 48.8 Å². The molecule has 11 aromatic carbocycles. The Morgan fingerprint density at radius 1 is 0.343 bits per heavy atom. The van der Waals surface area contributed by atoms with Crippen LogP contribution in [0.15, 0.2) is 223 Å². The Kier molecular flexibility index (Phi) is 7.44. The molecule has 0 radical (unpaired) electrons. The fraction of sp³-hybridized carbons (Fsp3) is 0. The second kappa shape index (κ2) is 13.7. The van der Waals surface area contributed by atoms with Gasteiger partial charge in [0.1, 0.15) is 11.2 Å². The molecule has 4 aromatic heterocycles. The van der Waals surface area contributed by atoms with Gasteiger partial charge in [-0.25, -0.2) is 9.97 Å². The van der Waals surface area contributed by atoms with Gasteiger partial charge in [-0.1, -0.05) is 140 Å². The monoisotopic (exact) mass is 852 g/mol. The zero-order valence-electron chi connectivity index (χ0n) is 36.0. The van der Waals surface area contributed by atoms with Gasteiger partial charge in [0.15, 0.2) is 5.82 Å². The Labute approximate surface area is 383 Å². The maximum atomic E-state index is 6.35. The molecule has 0 atom stereocenters. The number of benzene rings is 11. The number of furan rings is 1. The third-order valence-electron chi connectivity index (χ3n) is 14.1. The lowest BCUT2D eigenvalue weighted by Crippen LogP contribution is -1.99. The minimum atomic E-state index is 0.682. The molecular formula is C62H36N4O. The van der Waals surface area contributed by atoms with Crippen LogP contribution in [0.4, 0.5) is 0 Å². The molecule has 0 saturated heterocycles. The third kappa shape index (κ3) is 5.25. The standard InChI is InChI=1S/C62H36N4O/c1-2-14-42-37(13-1)27-31-56-60(42)50-20-7-11-23-54(50)65(56)41-28-25-38-35-57-51(34-40(38)33-41)45-17-6-10-22-53(45)66(57)55-32-30-48(43-15-3-4-16-44(43)55)62-63-52-21-9-5-19-49(52)61(64-62)39-26-29-47-46-18-8-12-24-58(46)67-59(47)36-39/h1-36H. The predicted octanol–water partition coefficient (Wildman–Crippen LogP) is 16.5. The summed E-state index contributed by atoms with van der Waals surface area (Å²) in [5.41, 5.74) is 12.4. The Balaban J connectivity index is 0.906. The molecule has 5 nitrogen and oxygen atoms in total. The number of hydrogen-bond donors (Lipinski definition) is 0. The molecular weight excluding hydrogens is 817 g/mol. The number of nitrogens with zero attached hydrogens (tertiary/aromatic N) is 4. The summed E-state index contributed by atoms with van der Waals surface area (Å²) < 4.78 is 11.2. The number of hydrogen-bond acceptors (Lipinski definition) is 3. The first-order valence-electron chi connectivity index (χ1n) is 22.8. The van der Waals surface area contributed by atoms with Gasteiger partial charge >= 0.3 is 0 Å². The number of fused-ring (bicyclic) bond motifs is 14. The average molecular weight is 853 g/mol. The first kappa shape index (κ1) is 36.3. The fourth-order valence-electron chi connectivity index (χ4n) is 11.1. The summed E-state index contributed by atoms with van der Waals surface area (Å²) in [7, 11) is 0. The van der Waals surface area contributed by atoms with Gasteiger partial charge in [0.2, 0.25) is 0 Å². The number of aromatic nitrogens is 4. The molecule has 0 aliphatic rings. The molecule has 0 aliphatic carbocycles. The van der Waals surface area contributed by atoms with Gasteiger partial charge in [0.25, 0.3) is 0 Å². The lowest BCUT2D eigenvalue weighted by molar-refractivity contribution is 0.669. The van der Waals surface area contributed by atoms with E-state index in [9.17, 15) is 0 Å². The zero-order valence-corrected chi connectivity index (χ0v) is 36.0. The molecule has 0 fully saturated rings. The van der Waals surface area contributed by atoms with E-state index in [1.165, 1.54) is 54.1 Å². The highest BCUT2D eigenvalue weighted by Crippen LogP contribution is 2.42. The Morgan fingerprint density at radius 2 is 1.03 bits per heavy atom. The smallest absolute Gasteiger partial charge is 0.161 e. The van der Waals surface area contributed by atoms with Gasteiger partial charge in [-0.15, -0.1) is 0 Å². The van der Waals surface area contributed by atoms with E-state index in [1.54, 1.807) is 0 Å². The van der Waals surface area contributed by atoms with Crippen LogP contribution in [0.3, 0.4) is 0 Å². The summed E-state index contributed by atoms with van der Waals surface area (Å²) in [5.74, 6) is 0.682. The van der Waals surface area contributed by atoms with E-state index in [-0.39, 0.29) is 0 Å². The maximum absolute atomic E-state index is 6.35. The maximum Gasteiger partial charge on any atom is 0.161 e. The van der Waals surface area contributed by atoms with E-state index in [0.29, 0.717) is 5.82 Å². The molecule has 5 heteroatoms. The van der Waals surface area contributed by atoms with Crippen molar-refractivity contribution in [2.75, 3.05) is 0 Å². The van der Waals surface area contributed by atoms with Crippen molar-refractivity contribution in [3.63, 3.8) is 0 Å². The summed E-state index contributed by atoms with van der Waals surface area (Å²) >= 11 is 0. The molecule has 0 bridgehead atoms. The van der Waals surface area contributed by atoms with Crippen LogP contribution in [-0.2, 0) is 0 Å². The van der Waals surface area contributed by atoms with Crippen molar-refractivity contribution in [3.05, 3.63) is 218 Å². The summed E-state index contributed by atoms with van der Waals surface area (Å²) in [6, 6.07) is 78.6. The highest BCUT2D eigenvalue weighted by Gasteiger charge is 2.21. The number of para-hydroxylation sites is 4. The van der Waals surface area contributed by atoms with Crippen molar-refractivity contribution < 1.29 is 4.42 Å². The lowest BCUT2D eigenvalue weighted by Gasteiger charge is -2.16. The first-order valence-corrected chi connectivity index (χ1v) is 22.8. The van der Waals surface area contributed by atoms with E-state index in [0.717, 1.165) is 82.8 Å². The molecule has 0 unspecified atom stereocenters. The Hall–Kier alpha value is -9.06. The lowest BCUT2D eigenvalue weighted by atomic mass is 10.00. The van der Waals surface area contributed by atoms with Crippen LogP contribution in [-0.4, -0.2) is 19.1 Å². The van der Waals surface area contributed by atoms with E-state index in [2.05, 4.69) is 209 Å². The molecule has 15 rings (SSSR count). The van der Waals surface area contributed by atoms with Crippen molar-refractivity contribution >= 4 is 109 Å². The normalized spacial score (nSPS) is 12.2. The molecule has 67 heavy (non-hydrogen) atoms. The van der Waals surface area contributed by atoms with Crippen LogP contribution in [0.1, 0.15) is 0 Å². The van der Waals surface area contributed by atoms with Crippen LogP contribution in [0.5, 0.6) is 0 Å². The summed E-state index contributed by atoms with van der Waals surface area (Å²) in [5, 5.41) is 15.3. The van der Waals surface area contributed by atoms with Crippen LogP contribution in [0.25, 0.3) is 143 Å². The average Bonchev–Trinajstić information content (AvgIpc) is 4.04. The van der Waals surface area contributed by atoms with Gasteiger partial charge in [-0.3, -0.25) is 0 Å². The molecule has 15 aromatic rings. The van der Waals surface area contributed by atoms with Crippen LogP contribution in [0.2, 0.25) is 0 Å². The minimum Gasteiger partial charge on any atom is -0.456 e. The van der Waals surface area contributed by atoms with Crippen LogP contribution in [0, 0.1) is 0 Å². The molecule has 0 aliphatic heterocycles. The summed E-state index contributed by atoms with van der Waals surface area (Å²) in [4.78, 5) is 10.6. The van der Waals surface area contributed by atoms with Crippen molar-refractivity contribution in [1.29, 1.82) is 0 Å². The van der Waals surface area contributed by atoms with Crippen molar-refractivity contribution in [3.8, 4) is 34.0 Å². The number of rotatable bonds is 4. The SMILES string of the molecule is c1ccc2c(c1)ccc1c2c2ccccc2n1-c1ccc2cc3c(cc2c1)c1ccccc1n3-c1ccc(-c2nc(-c3ccc4c(c3)oc3ccccc34)c3ccccc3n2)c2ccccc12. The molecule has 0 saturated carbocycles. The Morgan fingerprint density at radius 3 is 1.91 bits per heavy atom. The Bertz CT molecular complexity index is 4590. The van der Waals surface area contributed by atoms with E-state index < -0.39 is 0 Å². The van der Waals surface area contributed by atoms with Gasteiger partial charge in [0, 0.05) is 59.9 Å². The fourth-order valence-corrected chi connectivity index (χ4v) is 11.1. The third-order valence-corrected chi connectivity index (χ3v) is 14.1. The van der Waals surface area contributed by atoms with Crippen LogP contribution < -0.4 is 0 Å². The van der Waals surface area contributed by atoms with Gasteiger partial charge < -0.3 is 13.6 Å². The van der Waals surface area contributed by atoms with E-state index in [4.69, 9.17) is 14.4 Å². The van der Waals surface area contributed by atoms with E-state index >= 15 is 0 Å². The van der Waals surface area contributed by atoms with Crippen molar-refractivity contribution in [1.82, 2.24) is 19.1 Å². The van der Waals surface area contributed by atoms with Gasteiger partial charge in [-0.05, 0) is 106 Å². The van der Waals surface area contributed by atoms with Gasteiger partial charge in [0.05, 0.1) is 39.0 Å². The highest BCUT2D eigenvalue weighted by molar-refractivity contribution is 6.22. The summed E-state index contributed by atoms with van der Waals surface area (Å²) in [6.07, 6.45) is 0. The summed E-state index contributed by atoms with van der Waals surface area (Å²) in [6.45, 7) is 0. The molecule has 310 valence electrons. The van der Waals surface area contributed by atoms with Crippen molar-refractivity contribution in [2.24, 2.45) is 0 Å². The molecule has 4 heterocycles. The van der Waals surface area contributed by atoms with E-state index in [1.807, 2.05) is 18.2 Å². The van der Waals surface area contributed by atoms with Gasteiger partial charge in [-0.2, -0.15) is 0 Å².